The largest absolute Gasteiger partial charge is 0.351 e. The Morgan fingerprint density at radius 2 is 2.29 bits per heavy atom. The molecule has 1 aromatic heterocycles. The van der Waals surface area contributed by atoms with Crippen LogP contribution in [-0.2, 0) is 0 Å². The molecule has 96 valence electrons. The van der Waals surface area contributed by atoms with Crippen LogP contribution in [0, 0.1) is 0 Å². The Hall–Kier alpha value is -1.50. The topological polar surface area (TPSA) is 50.2 Å². The molecule has 1 amide bonds. The Morgan fingerprint density at radius 1 is 1.59 bits per heavy atom. The van der Waals surface area contributed by atoms with Gasteiger partial charge in [0.15, 0.2) is 0 Å². The number of carbonyl (C=O) groups excluding carboxylic acids is 1. The Kier molecular flexibility index (Phi) is 5.02. The monoisotopic (exact) mass is 246 g/mol. The zero-order valence-electron chi connectivity index (χ0n) is 9.86. The maximum absolute atomic E-state index is 12.4. The molecule has 0 aliphatic rings. The molecule has 0 fully saturated rings. The van der Waals surface area contributed by atoms with E-state index in [0.717, 1.165) is 13.0 Å². The van der Waals surface area contributed by atoms with Crippen LogP contribution in [0.5, 0.6) is 0 Å². The minimum Gasteiger partial charge on any atom is -0.351 e. The molecule has 0 bridgehead atoms. The summed E-state index contributed by atoms with van der Waals surface area (Å²) in [6.07, 6.45) is 1.95. The summed E-state index contributed by atoms with van der Waals surface area (Å²) in [4.78, 5) is 13.5. The van der Waals surface area contributed by atoms with Crippen LogP contribution in [0.15, 0.2) is 12.3 Å². The number of nitrogens with one attached hydrogen (secondary N) is 1. The summed E-state index contributed by atoms with van der Waals surface area (Å²) in [6.45, 7) is -1.52. The predicted octanol–water partition coefficient (Wildman–Crippen LogP) is 0.960. The van der Waals surface area contributed by atoms with Gasteiger partial charge in [-0.15, -0.1) is 0 Å². The molecular formula is C10H16F2N4O. The number of rotatable bonds is 6. The standard InChI is InChI=1S/C10H16F2N4O/c1-15(2)7-3-5-13-9(17)8-4-6-14-16(8)10(11)12/h4,6,10H,3,5,7H2,1-2H3,(H,13,17). The van der Waals surface area contributed by atoms with E-state index in [1.807, 2.05) is 19.0 Å². The van der Waals surface area contributed by atoms with E-state index < -0.39 is 12.5 Å². The van der Waals surface area contributed by atoms with Crippen molar-refractivity contribution in [3.05, 3.63) is 18.0 Å². The lowest BCUT2D eigenvalue weighted by atomic mass is 10.3. The SMILES string of the molecule is CN(C)CCCNC(=O)c1ccnn1C(F)F. The summed E-state index contributed by atoms with van der Waals surface area (Å²) in [5.41, 5.74) is -0.121. The van der Waals surface area contributed by atoms with Crippen molar-refractivity contribution in [3.63, 3.8) is 0 Å². The lowest BCUT2D eigenvalue weighted by Crippen LogP contribution is -2.29. The summed E-state index contributed by atoms with van der Waals surface area (Å²) in [7, 11) is 3.85. The highest BCUT2D eigenvalue weighted by Gasteiger charge is 2.17. The van der Waals surface area contributed by atoms with Gasteiger partial charge >= 0.3 is 6.55 Å². The van der Waals surface area contributed by atoms with E-state index in [1.165, 1.54) is 12.3 Å². The molecule has 0 aliphatic heterocycles. The minimum atomic E-state index is -2.80. The summed E-state index contributed by atoms with van der Waals surface area (Å²) in [5.74, 6) is -0.526. The predicted molar refractivity (Wildman–Crippen MR) is 59.0 cm³/mol. The summed E-state index contributed by atoms with van der Waals surface area (Å²) in [5, 5.41) is 5.97. The molecule has 0 radical (unpaired) electrons. The fraction of sp³-hybridized carbons (Fsp3) is 0.600. The van der Waals surface area contributed by atoms with Crippen molar-refractivity contribution in [2.75, 3.05) is 27.2 Å². The van der Waals surface area contributed by atoms with Crippen LogP contribution in [0.3, 0.4) is 0 Å². The molecule has 0 atom stereocenters. The van der Waals surface area contributed by atoms with Crippen LogP contribution in [0.1, 0.15) is 23.5 Å². The number of amides is 1. The minimum absolute atomic E-state index is 0.121. The van der Waals surface area contributed by atoms with Gasteiger partial charge in [-0.05, 0) is 33.1 Å². The van der Waals surface area contributed by atoms with Gasteiger partial charge in [0.1, 0.15) is 5.69 Å². The summed E-state index contributed by atoms with van der Waals surface area (Å²) >= 11 is 0. The first-order chi connectivity index (χ1) is 8.02. The van der Waals surface area contributed by atoms with E-state index in [2.05, 4.69) is 10.4 Å². The summed E-state index contributed by atoms with van der Waals surface area (Å²) < 4.78 is 25.3. The molecule has 7 heteroatoms. The van der Waals surface area contributed by atoms with Crippen molar-refractivity contribution in [2.45, 2.75) is 13.0 Å². The second-order valence-corrected chi connectivity index (χ2v) is 3.85. The maximum atomic E-state index is 12.4. The van der Waals surface area contributed by atoms with Gasteiger partial charge in [-0.1, -0.05) is 0 Å². The van der Waals surface area contributed by atoms with Crippen molar-refractivity contribution < 1.29 is 13.6 Å². The van der Waals surface area contributed by atoms with Gasteiger partial charge in [-0.3, -0.25) is 4.79 Å². The van der Waals surface area contributed by atoms with Crippen LogP contribution in [0.25, 0.3) is 0 Å². The normalized spacial score (nSPS) is 11.2. The Balaban J connectivity index is 2.44. The third-order valence-corrected chi connectivity index (χ3v) is 2.16. The van der Waals surface area contributed by atoms with Gasteiger partial charge in [0, 0.05) is 12.7 Å². The number of hydrogen-bond acceptors (Lipinski definition) is 3. The molecule has 1 N–H and O–H groups in total. The lowest BCUT2D eigenvalue weighted by molar-refractivity contribution is 0.0509. The van der Waals surface area contributed by atoms with Crippen molar-refractivity contribution >= 4 is 5.91 Å². The molecule has 0 spiro atoms. The molecule has 17 heavy (non-hydrogen) atoms. The number of hydrogen-bond donors (Lipinski definition) is 1. The number of nitrogens with zero attached hydrogens (tertiary/aromatic N) is 3. The van der Waals surface area contributed by atoms with E-state index >= 15 is 0 Å². The van der Waals surface area contributed by atoms with Gasteiger partial charge in [-0.25, -0.2) is 0 Å². The van der Waals surface area contributed by atoms with Gasteiger partial charge in [0.25, 0.3) is 5.91 Å². The molecule has 1 heterocycles. The number of carbonyl (C=O) groups is 1. The Labute approximate surface area is 98.4 Å². The average molecular weight is 246 g/mol. The maximum Gasteiger partial charge on any atom is 0.333 e. The fourth-order valence-corrected chi connectivity index (χ4v) is 1.34. The van der Waals surface area contributed by atoms with E-state index in [9.17, 15) is 13.6 Å². The highest BCUT2D eigenvalue weighted by molar-refractivity contribution is 5.92. The first-order valence-corrected chi connectivity index (χ1v) is 5.27. The second-order valence-electron chi connectivity index (χ2n) is 3.85. The van der Waals surface area contributed by atoms with E-state index in [0.29, 0.717) is 11.2 Å². The van der Waals surface area contributed by atoms with Crippen LogP contribution < -0.4 is 5.32 Å². The highest BCUT2D eigenvalue weighted by atomic mass is 19.3. The number of aromatic nitrogens is 2. The lowest BCUT2D eigenvalue weighted by Gasteiger charge is -2.10. The van der Waals surface area contributed by atoms with Crippen LogP contribution in [0.2, 0.25) is 0 Å². The third-order valence-electron chi connectivity index (χ3n) is 2.16. The third kappa shape index (κ3) is 4.10. The van der Waals surface area contributed by atoms with Crippen molar-refractivity contribution in [3.8, 4) is 0 Å². The van der Waals surface area contributed by atoms with Crippen LogP contribution in [0.4, 0.5) is 8.78 Å². The van der Waals surface area contributed by atoms with Crippen LogP contribution in [-0.4, -0.2) is 47.8 Å². The molecule has 1 rings (SSSR count). The zero-order valence-corrected chi connectivity index (χ0v) is 9.86. The van der Waals surface area contributed by atoms with Gasteiger partial charge in [0.2, 0.25) is 0 Å². The number of alkyl halides is 2. The van der Waals surface area contributed by atoms with Gasteiger partial charge in [0.05, 0.1) is 0 Å². The molecule has 0 aliphatic carbocycles. The second kappa shape index (κ2) is 6.29. The molecule has 0 aromatic carbocycles. The smallest absolute Gasteiger partial charge is 0.333 e. The molecule has 1 aromatic rings. The molecule has 0 unspecified atom stereocenters. The molecular weight excluding hydrogens is 230 g/mol. The fourth-order valence-electron chi connectivity index (χ4n) is 1.34. The highest BCUT2D eigenvalue weighted by Crippen LogP contribution is 2.11. The van der Waals surface area contributed by atoms with Crippen LogP contribution >= 0.6 is 0 Å². The van der Waals surface area contributed by atoms with Crippen molar-refractivity contribution in [1.29, 1.82) is 0 Å². The van der Waals surface area contributed by atoms with Gasteiger partial charge in [-0.2, -0.15) is 18.6 Å². The molecule has 5 nitrogen and oxygen atoms in total. The number of halogens is 2. The zero-order chi connectivity index (χ0) is 12.8. The van der Waals surface area contributed by atoms with E-state index in [-0.39, 0.29) is 5.69 Å². The molecule has 0 saturated heterocycles. The first kappa shape index (κ1) is 13.6. The Bertz CT molecular complexity index is 365. The van der Waals surface area contributed by atoms with E-state index in [1.54, 1.807) is 0 Å². The van der Waals surface area contributed by atoms with Crippen molar-refractivity contribution in [2.24, 2.45) is 0 Å². The first-order valence-electron chi connectivity index (χ1n) is 5.27. The quantitative estimate of drug-likeness (QED) is 0.761. The Morgan fingerprint density at radius 3 is 2.88 bits per heavy atom. The van der Waals surface area contributed by atoms with E-state index in [4.69, 9.17) is 0 Å². The van der Waals surface area contributed by atoms with Gasteiger partial charge < -0.3 is 10.2 Å². The summed E-state index contributed by atoms with van der Waals surface area (Å²) in [6, 6.07) is 1.27. The average Bonchev–Trinajstić information content (AvgIpc) is 2.72. The molecule has 0 saturated carbocycles. The van der Waals surface area contributed by atoms with Crippen molar-refractivity contribution in [1.82, 2.24) is 20.0 Å².